The van der Waals surface area contributed by atoms with Gasteiger partial charge in [0.1, 0.15) is 0 Å². The average Bonchev–Trinajstić information content (AvgIpc) is 2.64. The Morgan fingerprint density at radius 2 is 0.406 bits per heavy atom. The van der Waals surface area contributed by atoms with Crippen LogP contribution in [0.3, 0.4) is 0 Å². The van der Waals surface area contributed by atoms with E-state index < -0.39 is 67.3 Å². The van der Waals surface area contributed by atoms with Gasteiger partial charge in [-0.2, -0.15) is 75.8 Å². The van der Waals surface area contributed by atoms with Crippen molar-refractivity contribution in [3.05, 3.63) is 0 Å². The standard InChI is InChI=1S/3C4H6O4S2.2Gd/c3*5-3(6)1(9)2(10)4(7)8;;/h3*1-2,9-10H,(H,5,6)(H,7,8);;/q;;;2*+3/p-6. The van der Waals surface area contributed by atoms with Gasteiger partial charge < -0.3 is 59.4 Å². The van der Waals surface area contributed by atoms with Crippen LogP contribution in [-0.2, 0) is 28.8 Å². The van der Waals surface area contributed by atoms with Crippen molar-refractivity contribution in [2.24, 2.45) is 0 Å². The molecule has 0 aliphatic rings. The number of hydrogen-bond donors (Lipinski definition) is 6. The average molecular weight is 855 g/mol. The summed E-state index contributed by atoms with van der Waals surface area (Å²) in [7, 11) is 0. The molecule has 12 nitrogen and oxygen atoms in total. The van der Waals surface area contributed by atoms with Gasteiger partial charge in [-0.3, -0.25) is 0 Å². The van der Waals surface area contributed by atoms with Crippen LogP contribution < -0.4 is 30.6 Å². The van der Waals surface area contributed by atoms with Gasteiger partial charge in [0.05, 0.1) is 67.3 Å². The molecule has 0 fully saturated rings. The molecule has 0 rings (SSSR count). The van der Waals surface area contributed by atoms with Crippen LogP contribution in [0, 0.1) is 79.9 Å². The molecule has 0 heterocycles. The fourth-order valence-corrected chi connectivity index (χ4v) is 1.50. The SMILES string of the molecule is O=C([O-])C(S)C(S)C(=O)[O-].O=C([O-])C(S)C(S)C(=O)[O-].O=C([O-])C(S)C(S)C(=O)[O-].[Gd+3].[Gd+3]. The van der Waals surface area contributed by atoms with E-state index in [0.29, 0.717) is 0 Å². The Morgan fingerprint density at radius 1 is 0.344 bits per heavy atom. The zero-order valence-electron chi connectivity index (χ0n) is 14.8. The molecule has 32 heavy (non-hydrogen) atoms. The van der Waals surface area contributed by atoms with Crippen LogP contribution in [0.2, 0.25) is 0 Å². The summed E-state index contributed by atoms with van der Waals surface area (Å²) in [5.74, 6) is -9.46. The van der Waals surface area contributed by atoms with Crippen molar-refractivity contribution in [3.63, 3.8) is 0 Å². The Balaban J connectivity index is -0.000000110. The maximum atomic E-state index is 9.92. The van der Waals surface area contributed by atoms with E-state index in [-0.39, 0.29) is 79.9 Å². The number of hydrogen-bond acceptors (Lipinski definition) is 18. The van der Waals surface area contributed by atoms with Crippen LogP contribution in [0.15, 0.2) is 0 Å². The normalized spacial score (nSPS) is 14.8. The molecule has 0 N–H and O–H groups in total. The molecule has 0 aliphatic carbocycles. The van der Waals surface area contributed by atoms with E-state index in [1.165, 1.54) is 0 Å². The molecule has 6 atom stereocenters. The Labute approximate surface area is 278 Å². The first-order chi connectivity index (χ1) is 13.4. The van der Waals surface area contributed by atoms with Gasteiger partial charge in [-0.15, -0.1) is 0 Å². The van der Waals surface area contributed by atoms with Gasteiger partial charge in [0.25, 0.3) is 0 Å². The van der Waals surface area contributed by atoms with E-state index in [9.17, 15) is 59.4 Å². The number of carboxylic acid groups (broad SMARTS) is 6. The molecule has 0 amide bonds. The molecule has 0 bridgehead atoms. The minimum atomic E-state index is -1.58. The van der Waals surface area contributed by atoms with Gasteiger partial charge in [-0.05, 0) is 0 Å². The molecule has 0 aromatic rings. The van der Waals surface area contributed by atoms with Crippen LogP contribution in [0.5, 0.6) is 0 Å². The van der Waals surface area contributed by atoms with Crippen LogP contribution in [-0.4, -0.2) is 67.3 Å². The van der Waals surface area contributed by atoms with Gasteiger partial charge in [-0.1, -0.05) is 0 Å². The molecule has 6 unspecified atom stereocenters. The van der Waals surface area contributed by atoms with Gasteiger partial charge in [0.15, 0.2) is 0 Å². The Hall–Kier alpha value is 1.57. The number of carbonyl (C=O) groups is 6. The van der Waals surface area contributed by atoms with Crippen LogP contribution >= 0.6 is 75.8 Å². The third-order valence-corrected chi connectivity index (χ3v) is 6.11. The summed E-state index contributed by atoms with van der Waals surface area (Å²) in [6.45, 7) is 0. The molecule has 20 heteroatoms. The summed E-state index contributed by atoms with van der Waals surface area (Å²) >= 11 is 20.4. The van der Waals surface area contributed by atoms with Crippen molar-refractivity contribution in [3.8, 4) is 0 Å². The van der Waals surface area contributed by atoms with E-state index in [1.54, 1.807) is 0 Å². The van der Waals surface area contributed by atoms with E-state index in [1.807, 2.05) is 0 Å². The number of carbonyl (C=O) groups excluding carboxylic acids is 6. The van der Waals surface area contributed by atoms with E-state index in [2.05, 4.69) is 75.8 Å². The smallest absolute Gasteiger partial charge is 0.549 e. The summed E-state index contributed by atoms with van der Waals surface area (Å²) in [5, 5.41) is 50.9. The first kappa shape index (κ1) is 43.6. The predicted octanol–water partition coefficient (Wildman–Crippen LogP) is -8.75. The monoisotopic (exact) mass is 856 g/mol. The molecule has 0 saturated carbocycles. The minimum absolute atomic E-state index is 0. The fourth-order valence-electron chi connectivity index (χ4n) is 0.773. The predicted molar refractivity (Wildman–Crippen MR) is 107 cm³/mol. The van der Waals surface area contributed by atoms with Gasteiger partial charge in [0.2, 0.25) is 0 Å². The second kappa shape index (κ2) is 23.0. The molecule has 0 aliphatic heterocycles. The van der Waals surface area contributed by atoms with Crippen molar-refractivity contribution in [2.75, 3.05) is 0 Å². The summed E-state index contributed by atoms with van der Waals surface area (Å²) in [5.41, 5.74) is 0. The van der Waals surface area contributed by atoms with E-state index >= 15 is 0 Å². The molecular weight excluding hydrogens is 843 g/mol. The molecule has 0 aromatic heterocycles. The van der Waals surface area contributed by atoms with Crippen molar-refractivity contribution in [1.29, 1.82) is 0 Å². The first-order valence-electron chi connectivity index (χ1n) is 6.73. The Kier molecular flexibility index (Phi) is 31.4. The molecule has 0 spiro atoms. The Bertz CT molecular complexity index is 514. The third kappa shape index (κ3) is 20.9. The maximum Gasteiger partial charge on any atom is 3.00 e. The van der Waals surface area contributed by atoms with Crippen molar-refractivity contribution in [1.82, 2.24) is 0 Å². The molecule has 0 saturated heterocycles. The molecular formula is C12H12Gd2O12S6. The van der Waals surface area contributed by atoms with Gasteiger partial charge >= 0.3 is 79.9 Å². The third-order valence-electron chi connectivity index (χ3n) is 2.35. The number of carboxylic acids is 6. The zero-order valence-corrected chi connectivity index (χ0v) is 24.7. The molecule has 184 valence electrons. The number of rotatable bonds is 9. The Morgan fingerprint density at radius 3 is 0.438 bits per heavy atom. The molecule has 2 radical (unpaired) electrons. The number of thiol groups is 6. The minimum Gasteiger partial charge on any atom is -0.549 e. The quantitative estimate of drug-likeness (QED) is 0.119. The van der Waals surface area contributed by atoms with Crippen LogP contribution in [0.1, 0.15) is 0 Å². The van der Waals surface area contributed by atoms with E-state index in [0.717, 1.165) is 0 Å². The first-order valence-corrected chi connectivity index (χ1v) is 9.83. The van der Waals surface area contributed by atoms with Gasteiger partial charge in [0, 0.05) is 0 Å². The van der Waals surface area contributed by atoms with Gasteiger partial charge in [-0.25, -0.2) is 0 Å². The van der Waals surface area contributed by atoms with Crippen LogP contribution in [0.25, 0.3) is 0 Å². The molecule has 0 aromatic carbocycles. The van der Waals surface area contributed by atoms with Crippen molar-refractivity contribution in [2.45, 2.75) is 31.5 Å². The van der Waals surface area contributed by atoms with E-state index in [4.69, 9.17) is 0 Å². The summed E-state index contributed by atoms with van der Waals surface area (Å²) in [4.78, 5) is 59.5. The zero-order chi connectivity index (χ0) is 24.9. The summed E-state index contributed by atoms with van der Waals surface area (Å²) in [6, 6.07) is 0. The number of aliphatic carboxylic acids is 6. The maximum absolute atomic E-state index is 9.92. The fraction of sp³-hybridized carbons (Fsp3) is 0.500. The van der Waals surface area contributed by atoms with Crippen LogP contribution in [0.4, 0.5) is 0 Å². The summed E-state index contributed by atoms with van der Waals surface area (Å²) < 4.78 is 0. The summed E-state index contributed by atoms with van der Waals surface area (Å²) in [6.07, 6.45) is 0. The topological polar surface area (TPSA) is 241 Å². The largest absolute Gasteiger partial charge is 3.00 e. The second-order valence-corrected chi connectivity index (χ2v) is 7.92. The van der Waals surface area contributed by atoms with Crippen molar-refractivity contribution >= 4 is 112 Å². The van der Waals surface area contributed by atoms with Crippen molar-refractivity contribution < 1.29 is 139 Å². The second-order valence-electron chi connectivity index (χ2n) is 4.58.